The third-order valence-electron chi connectivity index (χ3n) is 5.44. The maximum atomic E-state index is 12.6. The number of aromatic nitrogens is 2. The van der Waals surface area contributed by atoms with Crippen molar-refractivity contribution in [3.63, 3.8) is 0 Å². The average molecular weight is 467 g/mol. The molecule has 8 nitrogen and oxygen atoms in total. The Morgan fingerprint density at radius 3 is 2.42 bits per heavy atom. The monoisotopic (exact) mass is 466 g/mol. The van der Waals surface area contributed by atoms with Gasteiger partial charge in [0.1, 0.15) is 6.61 Å². The van der Waals surface area contributed by atoms with Crippen molar-refractivity contribution in [1.29, 1.82) is 0 Å². The van der Waals surface area contributed by atoms with Crippen molar-refractivity contribution in [1.82, 2.24) is 14.3 Å². The van der Waals surface area contributed by atoms with E-state index in [9.17, 15) is 13.2 Å². The highest BCUT2D eigenvalue weighted by molar-refractivity contribution is 7.89. The summed E-state index contributed by atoms with van der Waals surface area (Å²) < 4.78 is 32.6. The van der Waals surface area contributed by atoms with Gasteiger partial charge in [0.2, 0.25) is 15.9 Å². The third kappa shape index (κ3) is 5.94. The number of hydrogen-bond acceptors (Lipinski definition) is 6. The first-order chi connectivity index (χ1) is 16.0. The number of hydrogen-bond donors (Lipinski definition) is 1. The van der Waals surface area contributed by atoms with Crippen LogP contribution in [0.4, 0.5) is 5.82 Å². The van der Waals surface area contributed by atoms with Crippen LogP contribution in [0.15, 0.2) is 72.0 Å². The minimum atomic E-state index is -3.43. The summed E-state index contributed by atoms with van der Waals surface area (Å²) in [4.78, 5) is 21.0. The normalized spacial score (nSPS) is 14.2. The van der Waals surface area contributed by atoms with Crippen LogP contribution in [0.3, 0.4) is 0 Å². The summed E-state index contributed by atoms with van der Waals surface area (Å²) in [5.41, 5.74) is 1.85. The number of anilines is 1. The highest BCUT2D eigenvalue weighted by Crippen LogP contribution is 2.23. The van der Waals surface area contributed by atoms with E-state index in [1.165, 1.54) is 4.31 Å². The Bertz CT molecular complexity index is 1180. The number of pyridine rings is 2. The van der Waals surface area contributed by atoms with Crippen molar-refractivity contribution in [2.45, 2.75) is 37.2 Å². The second-order valence-electron chi connectivity index (χ2n) is 7.80. The predicted molar refractivity (Wildman–Crippen MR) is 124 cm³/mol. The average Bonchev–Trinajstić information content (AvgIpc) is 3.39. The van der Waals surface area contributed by atoms with Gasteiger partial charge in [0.05, 0.1) is 4.90 Å². The van der Waals surface area contributed by atoms with Crippen LogP contribution >= 0.6 is 0 Å². The highest BCUT2D eigenvalue weighted by atomic mass is 32.2. The molecule has 0 spiro atoms. The van der Waals surface area contributed by atoms with E-state index < -0.39 is 10.0 Å². The van der Waals surface area contributed by atoms with E-state index in [1.807, 2.05) is 12.1 Å². The summed E-state index contributed by atoms with van der Waals surface area (Å²) in [6.07, 6.45) is 7.50. The number of nitrogens with zero attached hydrogens (tertiary/aromatic N) is 3. The van der Waals surface area contributed by atoms with Crippen LogP contribution in [0.5, 0.6) is 5.75 Å². The first-order valence-corrected chi connectivity index (χ1v) is 12.3. The lowest BCUT2D eigenvalue weighted by Crippen LogP contribution is -2.27. The molecule has 0 unspecified atom stereocenters. The van der Waals surface area contributed by atoms with Gasteiger partial charge in [-0.2, -0.15) is 4.31 Å². The van der Waals surface area contributed by atoms with Crippen molar-refractivity contribution in [2.24, 2.45) is 0 Å². The molecule has 33 heavy (non-hydrogen) atoms. The van der Waals surface area contributed by atoms with Crippen molar-refractivity contribution >= 4 is 21.7 Å². The Hall–Kier alpha value is -3.30. The fourth-order valence-corrected chi connectivity index (χ4v) is 5.12. The number of amides is 1. The Balaban J connectivity index is 1.31. The molecule has 1 saturated heterocycles. The van der Waals surface area contributed by atoms with Crippen molar-refractivity contribution in [3.8, 4) is 5.75 Å². The maximum Gasteiger partial charge on any atom is 0.243 e. The van der Waals surface area contributed by atoms with Gasteiger partial charge >= 0.3 is 0 Å². The lowest BCUT2D eigenvalue weighted by molar-refractivity contribution is -0.116. The summed E-state index contributed by atoms with van der Waals surface area (Å²) in [6, 6.07) is 14.0. The van der Waals surface area contributed by atoms with E-state index in [0.29, 0.717) is 42.6 Å². The molecule has 1 aliphatic rings. The lowest BCUT2D eigenvalue weighted by Gasteiger charge is -2.15. The molecule has 9 heteroatoms. The Kier molecular flexibility index (Phi) is 7.31. The van der Waals surface area contributed by atoms with E-state index >= 15 is 0 Å². The third-order valence-corrected chi connectivity index (χ3v) is 7.35. The zero-order chi connectivity index (χ0) is 23.1. The van der Waals surface area contributed by atoms with Gasteiger partial charge in [-0.05, 0) is 66.8 Å². The second-order valence-corrected chi connectivity index (χ2v) is 9.74. The smallest absolute Gasteiger partial charge is 0.243 e. The Labute approximate surface area is 193 Å². The van der Waals surface area contributed by atoms with Crippen molar-refractivity contribution in [2.75, 3.05) is 18.4 Å². The molecular formula is C24H26N4O4S. The van der Waals surface area contributed by atoms with Gasteiger partial charge in [0, 0.05) is 38.1 Å². The SMILES string of the molecule is O=C(CCc1ccc(S(=O)(=O)N2CCCC2)cc1)Nc1ncccc1OCc1ccncc1. The van der Waals surface area contributed by atoms with Crippen molar-refractivity contribution < 1.29 is 17.9 Å². The molecule has 172 valence electrons. The van der Waals surface area contributed by atoms with Crippen LogP contribution in [-0.2, 0) is 27.8 Å². The minimum absolute atomic E-state index is 0.198. The molecule has 0 bridgehead atoms. The number of rotatable bonds is 9. The quantitative estimate of drug-likeness (QED) is 0.519. The number of ether oxygens (including phenoxy) is 1. The predicted octanol–water partition coefficient (Wildman–Crippen LogP) is 3.41. The summed E-state index contributed by atoms with van der Waals surface area (Å²) in [5.74, 6) is 0.652. The Morgan fingerprint density at radius 2 is 1.70 bits per heavy atom. The van der Waals surface area contributed by atoms with E-state index in [1.54, 1.807) is 55.0 Å². The van der Waals surface area contributed by atoms with Crippen LogP contribution in [0.1, 0.15) is 30.4 Å². The molecule has 1 N–H and O–H groups in total. The van der Waals surface area contributed by atoms with E-state index in [4.69, 9.17) is 4.74 Å². The van der Waals surface area contributed by atoms with E-state index in [0.717, 1.165) is 24.0 Å². The molecule has 2 aromatic heterocycles. The molecule has 4 rings (SSSR count). The second kappa shape index (κ2) is 10.5. The van der Waals surface area contributed by atoms with E-state index in [-0.39, 0.29) is 12.3 Å². The molecule has 3 aromatic rings. The molecular weight excluding hydrogens is 440 g/mol. The topological polar surface area (TPSA) is 101 Å². The number of carbonyl (C=O) groups is 1. The summed E-state index contributed by atoms with van der Waals surface area (Å²) in [7, 11) is -3.43. The van der Waals surface area contributed by atoms with Gasteiger partial charge in [0.15, 0.2) is 11.6 Å². The summed E-state index contributed by atoms with van der Waals surface area (Å²) in [6.45, 7) is 1.49. The van der Waals surface area contributed by atoms with Gasteiger partial charge < -0.3 is 10.1 Å². The largest absolute Gasteiger partial charge is 0.485 e. The highest BCUT2D eigenvalue weighted by Gasteiger charge is 2.26. The molecule has 0 radical (unpaired) electrons. The molecule has 1 aromatic carbocycles. The fourth-order valence-electron chi connectivity index (χ4n) is 3.60. The lowest BCUT2D eigenvalue weighted by atomic mass is 10.1. The summed E-state index contributed by atoms with van der Waals surface area (Å²) in [5, 5.41) is 2.80. The molecule has 3 heterocycles. The van der Waals surface area contributed by atoms with Crippen LogP contribution < -0.4 is 10.1 Å². The van der Waals surface area contributed by atoms with Gasteiger partial charge in [-0.3, -0.25) is 9.78 Å². The van der Waals surface area contributed by atoms with Crippen LogP contribution in [0, 0.1) is 0 Å². The Morgan fingerprint density at radius 1 is 0.970 bits per heavy atom. The maximum absolute atomic E-state index is 12.6. The number of sulfonamides is 1. The van der Waals surface area contributed by atoms with Crippen LogP contribution in [-0.4, -0.2) is 41.7 Å². The molecule has 1 fully saturated rings. The minimum Gasteiger partial charge on any atom is -0.485 e. The van der Waals surface area contributed by atoms with Gasteiger partial charge in [0.25, 0.3) is 0 Å². The number of nitrogens with one attached hydrogen (secondary N) is 1. The van der Waals surface area contributed by atoms with Crippen LogP contribution in [0.2, 0.25) is 0 Å². The van der Waals surface area contributed by atoms with Gasteiger partial charge in [-0.15, -0.1) is 0 Å². The molecule has 0 atom stereocenters. The summed E-state index contributed by atoms with van der Waals surface area (Å²) >= 11 is 0. The van der Waals surface area contributed by atoms with E-state index in [2.05, 4.69) is 15.3 Å². The number of benzene rings is 1. The van der Waals surface area contributed by atoms with Gasteiger partial charge in [-0.25, -0.2) is 13.4 Å². The fraction of sp³-hybridized carbons (Fsp3) is 0.292. The first-order valence-electron chi connectivity index (χ1n) is 10.9. The molecule has 1 aliphatic heterocycles. The van der Waals surface area contributed by atoms with Crippen LogP contribution in [0.25, 0.3) is 0 Å². The molecule has 0 aliphatic carbocycles. The van der Waals surface area contributed by atoms with Crippen molar-refractivity contribution in [3.05, 3.63) is 78.2 Å². The first kappa shape index (κ1) is 22.9. The zero-order valence-corrected chi connectivity index (χ0v) is 19.0. The molecule has 1 amide bonds. The number of aryl methyl sites for hydroxylation is 1. The molecule has 0 saturated carbocycles. The zero-order valence-electron chi connectivity index (χ0n) is 18.2. The number of carbonyl (C=O) groups excluding carboxylic acids is 1. The standard InChI is InChI=1S/C24H26N4O4S/c29-23(27-24-22(4-3-13-26-24)32-18-20-11-14-25-15-12-20)10-7-19-5-8-21(9-6-19)33(30,31)28-16-1-2-17-28/h3-6,8-9,11-15H,1-2,7,10,16-18H2,(H,26,27,29). The van der Waals surface area contributed by atoms with Gasteiger partial charge in [-0.1, -0.05) is 12.1 Å².